The van der Waals surface area contributed by atoms with Crippen LogP contribution in [-0.2, 0) is 0 Å². The zero-order valence-electron chi connectivity index (χ0n) is 16.1. The molecular formula is C19H25N7O2. The number of anilines is 3. The molecule has 3 rings (SSSR count). The van der Waals surface area contributed by atoms with Crippen molar-refractivity contribution in [1.82, 2.24) is 20.2 Å². The molecule has 0 spiro atoms. The van der Waals surface area contributed by atoms with E-state index in [1.165, 1.54) is 4.90 Å². The lowest BCUT2D eigenvalue weighted by molar-refractivity contribution is 0.0996. The molecule has 28 heavy (non-hydrogen) atoms. The van der Waals surface area contributed by atoms with E-state index in [0.717, 1.165) is 25.1 Å². The summed E-state index contributed by atoms with van der Waals surface area (Å²) in [5.41, 5.74) is 6.32. The molecule has 4 N–H and O–H groups in total. The molecule has 1 aromatic carbocycles. The number of carbonyl (C=O) groups is 2. The molecule has 3 amide bonds. The summed E-state index contributed by atoms with van der Waals surface area (Å²) in [7, 11) is 3.43. The quantitative estimate of drug-likeness (QED) is 0.721. The van der Waals surface area contributed by atoms with Gasteiger partial charge in [-0.25, -0.2) is 14.8 Å². The summed E-state index contributed by atoms with van der Waals surface area (Å²) in [4.78, 5) is 36.1. The van der Waals surface area contributed by atoms with Gasteiger partial charge in [0, 0.05) is 38.9 Å². The number of para-hydroxylation sites is 1. The van der Waals surface area contributed by atoms with E-state index in [4.69, 9.17) is 5.73 Å². The minimum atomic E-state index is -0.646. The third kappa shape index (κ3) is 4.67. The highest BCUT2D eigenvalue weighted by Crippen LogP contribution is 2.23. The Kier molecular flexibility index (Phi) is 5.93. The molecule has 1 saturated heterocycles. The first kappa shape index (κ1) is 19.4. The van der Waals surface area contributed by atoms with Crippen molar-refractivity contribution in [2.45, 2.75) is 18.9 Å². The monoisotopic (exact) mass is 383 g/mol. The number of piperidine rings is 1. The Balaban J connectivity index is 1.80. The first-order valence-corrected chi connectivity index (χ1v) is 9.15. The Morgan fingerprint density at radius 3 is 2.68 bits per heavy atom. The number of nitrogens with one attached hydrogen (secondary N) is 2. The number of primary amides is 1. The van der Waals surface area contributed by atoms with Gasteiger partial charge in [-0.3, -0.25) is 4.79 Å². The van der Waals surface area contributed by atoms with Gasteiger partial charge in [-0.2, -0.15) is 0 Å². The Morgan fingerprint density at radius 1 is 1.25 bits per heavy atom. The summed E-state index contributed by atoms with van der Waals surface area (Å²) >= 11 is 0. The molecule has 2 aromatic rings. The van der Waals surface area contributed by atoms with E-state index in [9.17, 15) is 9.59 Å². The molecule has 0 unspecified atom stereocenters. The van der Waals surface area contributed by atoms with Crippen molar-refractivity contribution in [3.05, 3.63) is 42.2 Å². The minimum absolute atomic E-state index is 0.0202. The third-order valence-electron chi connectivity index (χ3n) is 4.51. The van der Waals surface area contributed by atoms with Gasteiger partial charge in [-0.15, -0.1) is 0 Å². The summed E-state index contributed by atoms with van der Waals surface area (Å²) in [6, 6.07) is 9.30. The summed E-state index contributed by atoms with van der Waals surface area (Å²) in [5.74, 6) is 0.301. The van der Waals surface area contributed by atoms with Crippen molar-refractivity contribution in [1.29, 1.82) is 0 Å². The molecule has 1 aliphatic rings. The number of hydrogen-bond donors (Lipinski definition) is 3. The smallest absolute Gasteiger partial charge is 0.317 e. The summed E-state index contributed by atoms with van der Waals surface area (Å²) in [6.45, 7) is 1.42. The highest BCUT2D eigenvalue weighted by molar-refractivity contribution is 5.96. The number of urea groups is 1. The second kappa shape index (κ2) is 8.55. The summed E-state index contributed by atoms with van der Waals surface area (Å²) < 4.78 is 0. The van der Waals surface area contributed by atoms with Crippen LogP contribution >= 0.6 is 0 Å². The molecule has 1 aliphatic heterocycles. The van der Waals surface area contributed by atoms with Gasteiger partial charge < -0.3 is 26.2 Å². The zero-order valence-corrected chi connectivity index (χ0v) is 16.1. The minimum Gasteiger partial charge on any atom is -0.364 e. The molecule has 9 heteroatoms. The van der Waals surface area contributed by atoms with Crippen molar-refractivity contribution in [3.8, 4) is 0 Å². The van der Waals surface area contributed by atoms with Gasteiger partial charge in [-0.1, -0.05) is 18.2 Å². The topological polar surface area (TPSA) is 116 Å². The van der Waals surface area contributed by atoms with Gasteiger partial charge in [0.05, 0.1) is 6.20 Å². The van der Waals surface area contributed by atoms with Gasteiger partial charge in [0.25, 0.3) is 5.91 Å². The fourth-order valence-electron chi connectivity index (χ4n) is 3.06. The fourth-order valence-corrected chi connectivity index (χ4v) is 3.06. The van der Waals surface area contributed by atoms with E-state index < -0.39 is 5.91 Å². The van der Waals surface area contributed by atoms with Crippen LogP contribution < -0.4 is 21.3 Å². The van der Waals surface area contributed by atoms with Crippen LogP contribution in [0.5, 0.6) is 0 Å². The van der Waals surface area contributed by atoms with Crippen LogP contribution in [0.25, 0.3) is 0 Å². The predicted octanol–water partition coefficient (Wildman–Crippen LogP) is 1.56. The number of carbonyl (C=O) groups excluding carboxylic acids is 2. The normalized spacial score (nSPS) is 16.4. The molecular weight excluding hydrogens is 358 g/mol. The fraction of sp³-hybridized carbons (Fsp3) is 0.368. The maximum Gasteiger partial charge on any atom is 0.317 e. The first-order chi connectivity index (χ1) is 13.4. The van der Waals surface area contributed by atoms with Crippen LogP contribution in [0.3, 0.4) is 0 Å². The van der Waals surface area contributed by atoms with Crippen LogP contribution in [-0.4, -0.2) is 60.0 Å². The van der Waals surface area contributed by atoms with Crippen LogP contribution in [0.2, 0.25) is 0 Å². The second-order valence-electron chi connectivity index (χ2n) is 6.91. The SMILES string of the molecule is CN(C)C(=O)N[C@@H]1CCCN(c2cnc(C(N)=O)c(Nc3ccccc3)n2)C1. The van der Waals surface area contributed by atoms with Gasteiger partial charge in [0.1, 0.15) is 5.82 Å². The number of benzene rings is 1. The molecule has 148 valence electrons. The molecule has 1 fully saturated rings. The Hall–Kier alpha value is -3.36. The van der Waals surface area contributed by atoms with Crippen LogP contribution in [0, 0.1) is 0 Å². The molecule has 1 aromatic heterocycles. The van der Waals surface area contributed by atoms with Crippen molar-refractivity contribution >= 4 is 29.3 Å². The maximum absolute atomic E-state index is 11.9. The number of amides is 3. The molecule has 0 radical (unpaired) electrons. The van der Waals surface area contributed by atoms with Gasteiger partial charge in [0.2, 0.25) is 0 Å². The summed E-state index contributed by atoms with van der Waals surface area (Å²) in [5, 5.41) is 6.12. The number of rotatable bonds is 5. The molecule has 0 aliphatic carbocycles. The van der Waals surface area contributed by atoms with Gasteiger partial charge in [-0.05, 0) is 25.0 Å². The van der Waals surface area contributed by atoms with Crippen molar-refractivity contribution in [2.24, 2.45) is 5.73 Å². The number of aromatic nitrogens is 2. The lowest BCUT2D eigenvalue weighted by Gasteiger charge is -2.34. The van der Waals surface area contributed by atoms with E-state index in [2.05, 4.69) is 25.5 Å². The van der Waals surface area contributed by atoms with E-state index in [1.54, 1.807) is 20.3 Å². The Morgan fingerprint density at radius 2 is 2.00 bits per heavy atom. The van der Waals surface area contributed by atoms with Crippen LogP contribution in [0.15, 0.2) is 36.5 Å². The number of hydrogen-bond acceptors (Lipinski definition) is 6. The highest BCUT2D eigenvalue weighted by atomic mass is 16.2. The van der Waals surface area contributed by atoms with Gasteiger partial charge in [0.15, 0.2) is 11.5 Å². The third-order valence-corrected chi connectivity index (χ3v) is 4.51. The molecule has 0 bridgehead atoms. The van der Waals surface area contributed by atoms with E-state index in [0.29, 0.717) is 18.2 Å². The van der Waals surface area contributed by atoms with Crippen LogP contribution in [0.4, 0.5) is 22.1 Å². The van der Waals surface area contributed by atoms with E-state index in [-0.39, 0.29) is 17.8 Å². The largest absolute Gasteiger partial charge is 0.364 e. The molecule has 9 nitrogen and oxygen atoms in total. The molecule has 1 atom stereocenters. The molecule has 0 saturated carbocycles. The average Bonchev–Trinajstić information content (AvgIpc) is 2.68. The van der Waals surface area contributed by atoms with Crippen molar-refractivity contribution < 1.29 is 9.59 Å². The first-order valence-electron chi connectivity index (χ1n) is 9.15. The predicted molar refractivity (Wildman–Crippen MR) is 108 cm³/mol. The standard InChI is InChI=1S/C19H25N7O2/c1-25(2)19(28)23-14-9-6-10-26(12-14)15-11-21-16(17(20)27)18(24-15)22-13-7-4-3-5-8-13/h3-5,7-8,11,14H,6,9-10,12H2,1-2H3,(H2,20,27)(H,22,24)(H,23,28)/t14-/m1/s1. The summed E-state index contributed by atoms with van der Waals surface area (Å²) in [6.07, 6.45) is 3.36. The van der Waals surface area contributed by atoms with Crippen molar-refractivity contribution in [3.63, 3.8) is 0 Å². The van der Waals surface area contributed by atoms with E-state index in [1.807, 2.05) is 30.3 Å². The molecule has 2 heterocycles. The van der Waals surface area contributed by atoms with E-state index >= 15 is 0 Å². The number of nitrogens with zero attached hydrogens (tertiary/aromatic N) is 4. The lowest BCUT2D eigenvalue weighted by Crippen LogP contribution is -2.50. The Bertz CT molecular complexity index is 841. The second-order valence-corrected chi connectivity index (χ2v) is 6.91. The highest BCUT2D eigenvalue weighted by Gasteiger charge is 2.24. The zero-order chi connectivity index (χ0) is 20.1. The van der Waals surface area contributed by atoms with Crippen molar-refractivity contribution in [2.75, 3.05) is 37.4 Å². The maximum atomic E-state index is 11.9. The number of nitrogens with two attached hydrogens (primary N) is 1. The Labute approximate surface area is 163 Å². The van der Waals surface area contributed by atoms with Gasteiger partial charge >= 0.3 is 6.03 Å². The lowest BCUT2D eigenvalue weighted by atomic mass is 10.1. The van der Waals surface area contributed by atoms with Crippen LogP contribution in [0.1, 0.15) is 23.3 Å². The average molecular weight is 383 g/mol.